The lowest BCUT2D eigenvalue weighted by atomic mass is 9.67. The van der Waals surface area contributed by atoms with Gasteiger partial charge in [-0.15, -0.1) is 0 Å². The van der Waals surface area contributed by atoms with Crippen LogP contribution in [0.25, 0.3) is 66.1 Å². The second kappa shape index (κ2) is 14.1. The topological polar surface area (TPSA) is 16.4 Å². The van der Waals surface area contributed by atoms with E-state index < -0.39 is 5.41 Å². The molecule has 12 rings (SSSR count). The lowest BCUT2D eigenvalue weighted by molar-refractivity contribution is 0.669. The van der Waals surface area contributed by atoms with Crippen LogP contribution in [0.3, 0.4) is 0 Å². The summed E-state index contributed by atoms with van der Waals surface area (Å²) >= 11 is 0. The Morgan fingerprint density at radius 2 is 0.885 bits per heavy atom. The molecule has 0 saturated carbocycles. The number of nitrogens with zero attached hydrogens (tertiary/aromatic N) is 1. The predicted molar refractivity (Wildman–Crippen MR) is 254 cm³/mol. The van der Waals surface area contributed by atoms with E-state index in [4.69, 9.17) is 4.42 Å². The molecule has 0 bridgehead atoms. The zero-order valence-corrected chi connectivity index (χ0v) is 33.4. The van der Waals surface area contributed by atoms with Crippen LogP contribution in [-0.4, -0.2) is 0 Å². The molecule has 1 heterocycles. The molecule has 0 unspecified atom stereocenters. The van der Waals surface area contributed by atoms with E-state index in [2.05, 4.69) is 229 Å². The maximum atomic E-state index is 6.33. The van der Waals surface area contributed by atoms with Gasteiger partial charge in [0.25, 0.3) is 0 Å². The van der Waals surface area contributed by atoms with Gasteiger partial charge in [-0.25, -0.2) is 0 Å². The highest BCUT2D eigenvalue weighted by atomic mass is 16.3. The molecule has 0 spiro atoms. The van der Waals surface area contributed by atoms with Gasteiger partial charge in [-0.1, -0.05) is 182 Å². The molecule has 0 N–H and O–H groups in total. The fraction of sp³-hybridized carbons (Fsp3) is 0.0169. The first kappa shape index (κ1) is 35.0. The van der Waals surface area contributed by atoms with E-state index in [-0.39, 0.29) is 0 Å². The van der Waals surface area contributed by atoms with Crippen LogP contribution in [0.15, 0.2) is 241 Å². The SMILES string of the molecule is c1ccc(-c2ccc(N(c3ccc4c(c3)C(c3ccccc3)(c3ccccc3)c3ccc(-c5cccc6ccccc56)cc3-4)c3ccc4oc5ccccc5c4c3)cc2)cc1. The second-order valence-electron chi connectivity index (χ2n) is 16.0. The third kappa shape index (κ3) is 5.57. The first-order valence-corrected chi connectivity index (χ1v) is 21.0. The van der Waals surface area contributed by atoms with E-state index >= 15 is 0 Å². The fourth-order valence-corrected chi connectivity index (χ4v) is 10.00. The van der Waals surface area contributed by atoms with Crippen molar-refractivity contribution in [2.75, 3.05) is 4.90 Å². The van der Waals surface area contributed by atoms with Crippen molar-refractivity contribution >= 4 is 49.8 Å². The number of benzene rings is 10. The quantitative estimate of drug-likeness (QED) is 0.160. The third-order valence-corrected chi connectivity index (χ3v) is 12.7. The highest BCUT2D eigenvalue weighted by molar-refractivity contribution is 6.07. The molecule has 0 saturated heterocycles. The molecule has 1 aliphatic carbocycles. The minimum Gasteiger partial charge on any atom is -0.456 e. The summed E-state index contributed by atoms with van der Waals surface area (Å²) in [6, 6.07) is 86.2. The van der Waals surface area contributed by atoms with Gasteiger partial charge in [-0.2, -0.15) is 0 Å². The van der Waals surface area contributed by atoms with Crippen molar-refractivity contribution in [2.24, 2.45) is 0 Å². The molecule has 1 aromatic heterocycles. The molecule has 286 valence electrons. The van der Waals surface area contributed by atoms with Gasteiger partial charge in [-0.3, -0.25) is 0 Å². The molecule has 11 aromatic rings. The Morgan fingerprint density at radius 3 is 1.66 bits per heavy atom. The van der Waals surface area contributed by atoms with Crippen molar-refractivity contribution in [2.45, 2.75) is 5.41 Å². The van der Waals surface area contributed by atoms with E-state index in [1.807, 2.05) is 12.1 Å². The van der Waals surface area contributed by atoms with E-state index in [0.717, 1.165) is 39.0 Å². The zero-order valence-electron chi connectivity index (χ0n) is 33.4. The van der Waals surface area contributed by atoms with E-state index in [0.29, 0.717) is 0 Å². The Balaban J connectivity index is 1.11. The van der Waals surface area contributed by atoms with Crippen LogP contribution in [0.2, 0.25) is 0 Å². The summed E-state index contributed by atoms with van der Waals surface area (Å²) in [5.74, 6) is 0. The number of rotatable bonds is 7. The summed E-state index contributed by atoms with van der Waals surface area (Å²) in [5.41, 5.74) is 16.7. The Kier molecular flexibility index (Phi) is 8.11. The van der Waals surface area contributed by atoms with Gasteiger partial charge < -0.3 is 9.32 Å². The van der Waals surface area contributed by atoms with Crippen molar-refractivity contribution in [3.05, 3.63) is 259 Å². The van der Waals surface area contributed by atoms with Crippen molar-refractivity contribution < 1.29 is 4.42 Å². The van der Waals surface area contributed by atoms with Gasteiger partial charge in [0.1, 0.15) is 11.2 Å². The summed E-state index contributed by atoms with van der Waals surface area (Å²) in [7, 11) is 0. The van der Waals surface area contributed by atoms with Gasteiger partial charge in [0.15, 0.2) is 0 Å². The normalized spacial score (nSPS) is 12.7. The number of anilines is 3. The minimum atomic E-state index is -0.575. The van der Waals surface area contributed by atoms with Crippen molar-refractivity contribution in [3.63, 3.8) is 0 Å². The summed E-state index contributed by atoms with van der Waals surface area (Å²) in [6.45, 7) is 0. The van der Waals surface area contributed by atoms with E-state index in [9.17, 15) is 0 Å². The van der Waals surface area contributed by atoms with E-state index in [1.165, 1.54) is 66.4 Å². The molecule has 2 heteroatoms. The van der Waals surface area contributed by atoms with Crippen molar-refractivity contribution in [1.82, 2.24) is 0 Å². The maximum absolute atomic E-state index is 6.33. The fourth-order valence-electron chi connectivity index (χ4n) is 10.00. The molecule has 0 fully saturated rings. The minimum absolute atomic E-state index is 0.575. The standard InChI is InChI=1S/C59H39NO/c1-4-15-40(16-5-1)41-27-30-46(31-28-41)60(47-33-36-58-54(38-47)52-24-12-13-26-57(52)61-58)48-32-34-51-53-37-43(50-25-14-18-42-17-10-11-23-49(42)50)29-35-55(53)59(56(51)39-48,44-19-6-2-7-20-44)45-21-8-3-9-22-45/h1-39H. The molecule has 0 amide bonds. The van der Waals surface area contributed by atoms with Crippen LogP contribution in [-0.2, 0) is 5.41 Å². The summed E-state index contributed by atoms with van der Waals surface area (Å²) in [6.07, 6.45) is 0. The Morgan fingerprint density at radius 1 is 0.311 bits per heavy atom. The van der Waals surface area contributed by atoms with E-state index in [1.54, 1.807) is 0 Å². The molecule has 0 radical (unpaired) electrons. The van der Waals surface area contributed by atoms with Crippen LogP contribution < -0.4 is 4.90 Å². The number of hydrogen-bond acceptors (Lipinski definition) is 2. The van der Waals surface area contributed by atoms with Crippen LogP contribution in [0, 0.1) is 0 Å². The average molecular weight is 778 g/mol. The van der Waals surface area contributed by atoms with Gasteiger partial charge in [0.05, 0.1) is 5.41 Å². The lowest BCUT2D eigenvalue weighted by Crippen LogP contribution is -2.28. The van der Waals surface area contributed by atoms with Crippen LogP contribution in [0.5, 0.6) is 0 Å². The smallest absolute Gasteiger partial charge is 0.135 e. The molecule has 1 aliphatic rings. The van der Waals surface area contributed by atoms with Crippen molar-refractivity contribution in [3.8, 4) is 33.4 Å². The number of fused-ring (bicyclic) bond motifs is 7. The van der Waals surface area contributed by atoms with Gasteiger partial charge in [0, 0.05) is 27.8 Å². The Labute approximate surface area is 355 Å². The first-order chi connectivity index (χ1) is 30.2. The molecule has 2 nitrogen and oxygen atoms in total. The van der Waals surface area contributed by atoms with Crippen molar-refractivity contribution in [1.29, 1.82) is 0 Å². The number of furan rings is 1. The van der Waals surface area contributed by atoms with Gasteiger partial charge in [-0.05, 0) is 121 Å². The largest absolute Gasteiger partial charge is 0.456 e. The molecule has 10 aromatic carbocycles. The monoisotopic (exact) mass is 777 g/mol. The maximum Gasteiger partial charge on any atom is 0.135 e. The molecular formula is C59H39NO. The average Bonchev–Trinajstić information content (AvgIpc) is 3.85. The van der Waals surface area contributed by atoms with Crippen LogP contribution in [0.4, 0.5) is 17.1 Å². The molecule has 61 heavy (non-hydrogen) atoms. The summed E-state index contributed by atoms with van der Waals surface area (Å²) in [4.78, 5) is 2.40. The number of para-hydroxylation sites is 1. The third-order valence-electron chi connectivity index (χ3n) is 12.7. The molecule has 0 aliphatic heterocycles. The predicted octanol–water partition coefficient (Wildman–Crippen LogP) is 15.9. The summed E-state index contributed by atoms with van der Waals surface area (Å²) < 4.78 is 6.33. The lowest BCUT2D eigenvalue weighted by Gasteiger charge is -2.35. The second-order valence-corrected chi connectivity index (χ2v) is 16.0. The zero-order chi connectivity index (χ0) is 40.3. The summed E-state index contributed by atoms with van der Waals surface area (Å²) in [5, 5.41) is 4.70. The van der Waals surface area contributed by atoms with Gasteiger partial charge >= 0.3 is 0 Å². The van der Waals surface area contributed by atoms with Crippen LogP contribution >= 0.6 is 0 Å². The highest BCUT2D eigenvalue weighted by Gasteiger charge is 2.46. The highest BCUT2D eigenvalue weighted by Crippen LogP contribution is 2.58. The molecule has 0 atom stereocenters. The first-order valence-electron chi connectivity index (χ1n) is 21.0. The number of hydrogen-bond donors (Lipinski definition) is 0. The Hall–Kier alpha value is -7.94. The van der Waals surface area contributed by atoms with Gasteiger partial charge in [0.2, 0.25) is 0 Å². The van der Waals surface area contributed by atoms with Crippen LogP contribution in [0.1, 0.15) is 22.3 Å². The Bertz CT molecular complexity index is 3360. The molecular weight excluding hydrogens is 739 g/mol.